The molecule has 1 heterocycles. The molecule has 74 valence electrons. The molecule has 1 rings (SSSR count). The van der Waals surface area contributed by atoms with Crippen molar-refractivity contribution >= 4 is 11.3 Å². The monoisotopic (exact) mass is 194 g/mol. The summed E-state index contributed by atoms with van der Waals surface area (Å²) in [5.74, 6) is 0. The highest BCUT2D eigenvalue weighted by Gasteiger charge is 2.11. The SMILES string of the molecule is CC1CNCCN1C.NS(=O)[O-]. The molecule has 0 aromatic carbocycles. The Bertz CT molecular complexity index is 131. The van der Waals surface area contributed by atoms with E-state index in [9.17, 15) is 0 Å². The van der Waals surface area contributed by atoms with Crippen molar-refractivity contribution in [1.82, 2.24) is 10.2 Å². The third-order valence-electron chi connectivity index (χ3n) is 1.83. The molecule has 2 atom stereocenters. The molecule has 5 nitrogen and oxygen atoms in total. The topological polar surface area (TPSA) is 81.4 Å². The average molecular weight is 194 g/mol. The summed E-state index contributed by atoms with van der Waals surface area (Å²) in [6.07, 6.45) is 0. The Morgan fingerprint density at radius 3 is 2.50 bits per heavy atom. The summed E-state index contributed by atoms with van der Waals surface area (Å²) in [6.45, 7) is 5.74. The Morgan fingerprint density at radius 1 is 1.75 bits per heavy atom. The predicted octanol–water partition coefficient (Wildman–Crippen LogP) is -1.35. The van der Waals surface area contributed by atoms with Crippen molar-refractivity contribution < 1.29 is 8.76 Å². The molecule has 1 saturated heterocycles. The zero-order valence-electron chi connectivity index (χ0n) is 7.45. The van der Waals surface area contributed by atoms with E-state index >= 15 is 0 Å². The third-order valence-corrected chi connectivity index (χ3v) is 1.83. The van der Waals surface area contributed by atoms with Gasteiger partial charge >= 0.3 is 0 Å². The molecule has 0 aromatic heterocycles. The Kier molecular flexibility index (Phi) is 6.49. The van der Waals surface area contributed by atoms with E-state index < -0.39 is 11.3 Å². The normalized spacial score (nSPS) is 27.2. The average Bonchev–Trinajstić information content (AvgIpc) is 1.94. The van der Waals surface area contributed by atoms with Crippen molar-refractivity contribution in [3.63, 3.8) is 0 Å². The van der Waals surface area contributed by atoms with Gasteiger partial charge in [0.25, 0.3) is 0 Å². The number of nitrogens with one attached hydrogen (secondary N) is 1. The first kappa shape index (κ1) is 12.0. The van der Waals surface area contributed by atoms with Gasteiger partial charge < -0.3 is 14.8 Å². The molecule has 6 heteroatoms. The summed E-state index contributed by atoms with van der Waals surface area (Å²) >= 11 is -2.36. The number of hydrogen-bond acceptors (Lipinski definition) is 4. The van der Waals surface area contributed by atoms with Crippen LogP contribution in [0.3, 0.4) is 0 Å². The van der Waals surface area contributed by atoms with Gasteiger partial charge in [-0.05, 0) is 14.0 Å². The summed E-state index contributed by atoms with van der Waals surface area (Å²) in [7, 11) is 2.17. The Balaban J connectivity index is 0.000000261. The van der Waals surface area contributed by atoms with Crippen molar-refractivity contribution in [3.8, 4) is 0 Å². The molecule has 12 heavy (non-hydrogen) atoms. The van der Waals surface area contributed by atoms with E-state index in [2.05, 4.69) is 29.3 Å². The highest BCUT2D eigenvalue weighted by Crippen LogP contribution is 1.95. The lowest BCUT2D eigenvalue weighted by Crippen LogP contribution is -2.47. The zero-order valence-corrected chi connectivity index (χ0v) is 8.26. The Hall–Kier alpha value is -0.0100. The van der Waals surface area contributed by atoms with Crippen molar-refractivity contribution in [2.75, 3.05) is 26.7 Å². The van der Waals surface area contributed by atoms with E-state index in [0.717, 1.165) is 19.1 Å². The van der Waals surface area contributed by atoms with E-state index in [1.54, 1.807) is 0 Å². The smallest absolute Gasteiger partial charge is 0.0189 e. The van der Waals surface area contributed by atoms with Crippen LogP contribution in [-0.2, 0) is 11.3 Å². The van der Waals surface area contributed by atoms with Gasteiger partial charge in [0.2, 0.25) is 0 Å². The molecule has 0 amide bonds. The van der Waals surface area contributed by atoms with Gasteiger partial charge in [-0.25, -0.2) is 0 Å². The summed E-state index contributed by atoms with van der Waals surface area (Å²) in [4.78, 5) is 2.37. The minimum Gasteiger partial charge on any atom is -0.760 e. The fourth-order valence-electron chi connectivity index (χ4n) is 0.943. The van der Waals surface area contributed by atoms with Crippen molar-refractivity contribution in [2.45, 2.75) is 13.0 Å². The van der Waals surface area contributed by atoms with Crippen LogP contribution in [0.15, 0.2) is 0 Å². The summed E-state index contributed by atoms with van der Waals surface area (Å²) in [5, 5.41) is 7.35. The molecular weight excluding hydrogens is 178 g/mol. The second kappa shape index (κ2) is 6.50. The molecule has 1 fully saturated rings. The van der Waals surface area contributed by atoms with Gasteiger partial charge in [-0.3, -0.25) is 9.35 Å². The first-order valence-corrected chi connectivity index (χ1v) is 4.92. The van der Waals surface area contributed by atoms with E-state index in [4.69, 9.17) is 8.76 Å². The minimum absolute atomic E-state index is 0.726. The van der Waals surface area contributed by atoms with Gasteiger partial charge in [-0.2, -0.15) is 0 Å². The second-order valence-corrected chi connectivity index (χ2v) is 3.32. The minimum atomic E-state index is -2.36. The maximum absolute atomic E-state index is 8.78. The molecule has 0 spiro atoms. The van der Waals surface area contributed by atoms with Crippen LogP contribution in [0.5, 0.6) is 0 Å². The van der Waals surface area contributed by atoms with Gasteiger partial charge in [-0.1, -0.05) is 0 Å². The van der Waals surface area contributed by atoms with Crippen LogP contribution in [0, 0.1) is 0 Å². The van der Waals surface area contributed by atoms with Gasteiger partial charge in [0, 0.05) is 36.9 Å². The van der Waals surface area contributed by atoms with Crippen LogP contribution < -0.4 is 10.5 Å². The van der Waals surface area contributed by atoms with E-state index in [0.29, 0.717) is 0 Å². The number of piperazine rings is 1. The summed E-state index contributed by atoms with van der Waals surface area (Å²) in [6, 6.07) is 0.726. The zero-order chi connectivity index (χ0) is 9.56. The molecule has 0 aliphatic carbocycles. The van der Waals surface area contributed by atoms with Crippen molar-refractivity contribution in [2.24, 2.45) is 5.14 Å². The number of rotatable bonds is 0. The van der Waals surface area contributed by atoms with E-state index in [1.807, 2.05) is 0 Å². The molecule has 0 radical (unpaired) electrons. The summed E-state index contributed by atoms with van der Waals surface area (Å²) < 4.78 is 17.6. The lowest BCUT2D eigenvalue weighted by molar-refractivity contribution is 0.215. The largest absolute Gasteiger partial charge is 0.760 e. The highest BCUT2D eigenvalue weighted by atomic mass is 32.2. The molecule has 1 aliphatic heterocycles. The molecule has 0 aromatic rings. The fourth-order valence-corrected chi connectivity index (χ4v) is 0.943. The van der Waals surface area contributed by atoms with Crippen LogP contribution in [0.1, 0.15) is 6.92 Å². The molecular formula is C6H16N3O2S-. The lowest BCUT2D eigenvalue weighted by Gasteiger charge is -2.29. The van der Waals surface area contributed by atoms with Crippen LogP contribution in [-0.4, -0.2) is 46.4 Å². The van der Waals surface area contributed by atoms with E-state index in [1.165, 1.54) is 6.54 Å². The second-order valence-electron chi connectivity index (χ2n) is 2.79. The first-order valence-electron chi connectivity index (χ1n) is 3.78. The van der Waals surface area contributed by atoms with Gasteiger partial charge in [-0.15, -0.1) is 0 Å². The number of nitrogens with zero attached hydrogens (tertiary/aromatic N) is 1. The molecule has 1 aliphatic rings. The number of likely N-dealkylation sites (N-methyl/N-ethyl adjacent to an activating group) is 1. The van der Waals surface area contributed by atoms with Crippen LogP contribution >= 0.6 is 0 Å². The molecule has 2 unspecified atom stereocenters. The maximum Gasteiger partial charge on any atom is 0.0189 e. The fraction of sp³-hybridized carbons (Fsp3) is 1.00. The number of nitrogens with two attached hydrogens (primary N) is 1. The summed E-state index contributed by atoms with van der Waals surface area (Å²) in [5.41, 5.74) is 0. The van der Waals surface area contributed by atoms with Crippen LogP contribution in [0.2, 0.25) is 0 Å². The number of hydrogen-bond donors (Lipinski definition) is 2. The Labute approximate surface area is 75.7 Å². The van der Waals surface area contributed by atoms with Crippen LogP contribution in [0.4, 0.5) is 0 Å². The quantitative estimate of drug-likeness (QED) is 0.467. The molecule has 0 bridgehead atoms. The van der Waals surface area contributed by atoms with Crippen molar-refractivity contribution in [1.29, 1.82) is 0 Å². The van der Waals surface area contributed by atoms with Gasteiger partial charge in [0.1, 0.15) is 0 Å². The maximum atomic E-state index is 8.78. The van der Waals surface area contributed by atoms with E-state index in [-0.39, 0.29) is 0 Å². The first-order chi connectivity index (χ1) is 5.54. The van der Waals surface area contributed by atoms with Crippen molar-refractivity contribution in [3.05, 3.63) is 0 Å². The Morgan fingerprint density at radius 2 is 2.25 bits per heavy atom. The third kappa shape index (κ3) is 6.68. The predicted molar refractivity (Wildman–Crippen MR) is 48.1 cm³/mol. The molecule has 3 N–H and O–H groups in total. The standard InChI is InChI=1S/C6H14N2.H3NO2S/c1-6-5-7-3-4-8(6)2;1-4(2)3/h6-7H,3-5H2,1-2H3;1H2,(H,2,3)/p-1. The van der Waals surface area contributed by atoms with Gasteiger partial charge in [0.15, 0.2) is 0 Å². The lowest BCUT2D eigenvalue weighted by atomic mass is 10.2. The molecule has 0 saturated carbocycles. The van der Waals surface area contributed by atoms with Gasteiger partial charge in [0.05, 0.1) is 0 Å². The highest BCUT2D eigenvalue weighted by molar-refractivity contribution is 7.76. The van der Waals surface area contributed by atoms with Crippen LogP contribution in [0.25, 0.3) is 0 Å².